The summed E-state index contributed by atoms with van der Waals surface area (Å²) in [6.45, 7) is 4.57. The predicted octanol–water partition coefficient (Wildman–Crippen LogP) is 2.28. The van der Waals surface area contributed by atoms with Crippen molar-refractivity contribution < 1.29 is 9.53 Å². The Hall–Kier alpha value is -1.66. The number of anilines is 1. The summed E-state index contributed by atoms with van der Waals surface area (Å²) in [6, 6.07) is 1.79. The number of rotatable bonds is 5. The summed E-state index contributed by atoms with van der Waals surface area (Å²) in [4.78, 5) is 17.0. The molecule has 0 aliphatic heterocycles. The molecule has 0 radical (unpaired) electrons. The van der Waals surface area contributed by atoms with Crippen LogP contribution in [-0.4, -0.2) is 30.6 Å². The molecule has 1 unspecified atom stereocenters. The summed E-state index contributed by atoms with van der Waals surface area (Å²) in [5.41, 5.74) is 6.57. The van der Waals surface area contributed by atoms with Crippen molar-refractivity contribution in [2.45, 2.75) is 19.9 Å². The van der Waals surface area contributed by atoms with Crippen molar-refractivity contribution >= 4 is 33.0 Å². The Morgan fingerprint density at radius 1 is 1.55 bits per heavy atom. The van der Waals surface area contributed by atoms with Gasteiger partial charge in [-0.1, -0.05) is 13.8 Å². The van der Waals surface area contributed by atoms with Crippen molar-refractivity contribution in [1.29, 1.82) is 0 Å². The monoisotopic (exact) mass is 293 g/mol. The molecule has 20 heavy (non-hydrogen) atoms. The summed E-state index contributed by atoms with van der Waals surface area (Å²) in [7, 11) is 1.63. The average Bonchev–Trinajstić information content (AvgIpc) is 2.76. The molecule has 0 fully saturated rings. The molecule has 2 rings (SSSR count). The highest BCUT2D eigenvalue weighted by molar-refractivity contribution is 7.21. The lowest BCUT2D eigenvalue weighted by atomic mass is 10.1. The second-order valence-corrected chi connectivity index (χ2v) is 6.05. The van der Waals surface area contributed by atoms with E-state index in [4.69, 9.17) is 10.5 Å². The van der Waals surface area contributed by atoms with Crippen LogP contribution >= 0.6 is 11.3 Å². The number of nitrogens with zero attached hydrogens (tertiary/aromatic N) is 1. The Balaban J connectivity index is 2.24. The molecule has 1 amide bonds. The zero-order valence-corrected chi connectivity index (χ0v) is 12.7. The number of nitrogens with two attached hydrogens (primary N) is 1. The molecule has 5 nitrogen and oxygen atoms in total. The van der Waals surface area contributed by atoms with E-state index in [0.29, 0.717) is 17.2 Å². The largest absolute Gasteiger partial charge is 0.397 e. The maximum atomic E-state index is 12.4. The number of methoxy groups -OCH3 is 1. The van der Waals surface area contributed by atoms with Crippen LogP contribution in [0.25, 0.3) is 10.1 Å². The summed E-state index contributed by atoms with van der Waals surface area (Å²) < 4.78 is 6.06. The fourth-order valence-electron chi connectivity index (χ4n) is 1.95. The number of thiophene rings is 1. The van der Waals surface area contributed by atoms with Crippen LogP contribution < -0.4 is 11.1 Å². The lowest BCUT2D eigenvalue weighted by Gasteiger charge is -2.21. The Morgan fingerprint density at radius 3 is 2.90 bits per heavy atom. The number of hydrogen-bond acceptors (Lipinski definition) is 5. The minimum absolute atomic E-state index is 0.0322. The van der Waals surface area contributed by atoms with Crippen molar-refractivity contribution in [3.05, 3.63) is 23.3 Å². The van der Waals surface area contributed by atoms with Crippen LogP contribution in [0.4, 0.5) is 5.69 Å². The molecule has 2 aromatic heterocycles. The van der Waals surface area contributed by atoms with E-state index in [-0.39, 0.29) is 17.9 Å². The van der Waals surface area contributed by atoms with Gasteiger partial charge in [-0.3, -0.25) is 9.78 Å². The van der Waals surface area contributed by atoms with E-state index >= 15 is 0 Å². The minimum Gasteiger partial charge on any atom is -0.397 e. The van der Waals surface area contributed by atoms with Crippen LogP contribution in [0, 0.1) is 5.92 Å². The van der Waals surface area contributed by atoms with Gasteiger partial charge in [0, 0.05) is 24.9 Å². The third-order valence-corrected chi connectivity index (χ3v) is 4.36. The molecule has 0 saturated heterocycles. The SMILES string of the molecule is COCC(NC(=O)c1sc2cnccc2c1N)C(C)C. The number of hydrogen-bond donors (Lipinski definition) is 2. The number of amides is 1. The molecule has 6 heteroatoms. The summed E-state index contributed by atoms with van der Waals surface area (Å²) >= 11 is 1.36. The van der Waals surface area contributed by atoms with E-state index in [1.165, 1.54) is 11.3 Å². The highest BCUT2D eigenvalue weighted by Crippen LogP contribution is 2.32. The van der Waals surface area contributed by atoms with Gasteiger partial charge in [0.15, 0.2) is 0 Å². The Morgan fingerprint density at radius 2 is 2.30 bits per heavy atom. The lowest BCUT2D eigenvalue weighted by Crippen LogP contribution is -2.41. The Kier molecular flexibility index (Phi) is 4.57. The molecule has 0 saturated carbocycles. The standard InChI is InChI=1S/C14H19N3O2S/c1-8(2)10(7-19-3)17-14(18)13-12(15)9-4-5-16-6-11(9)20-13/h4-6,8,10H,7,15H2,1-3H3,(H,17,18). The van der Waals surface area contributed by atoms with Crippen LogP contribution in [0.5, 0.6) is 0 Å². The predicted molar refractivity (Wildman–Crippen MR) is 82.0 cm³/mol. The number of nitrogens with one attached hydrogen (secondary N) is 1. The summed E-state index contributed by atoms with van der Waals surface area (Å²) in [5.74, 6) is 0.135. The van der Waals surface area contributed by atoms with E-state index in [2.05, 4.69) is 10.3 Å². The molecule has 2 aromatic rings. The summed E-state index contributed by atoms with van der Waals surface area (Å²) in [6.07, 6.45) is 3.40. The van der Waals surface area contributed by atoms with Gasteiger partial charge in [-0.15, -0.1) is 11.3 Å². The van der Waals surface area contributed by atoms with Crippen LogP contribution in [0.3, 0.4) is 0 Å². The first-order valence-corrected chi connectivity index (χ1v) is 7.28. The minimum atomic E-state index is -0.153. The average molecular weight is 293 g/mol. The first-order chi connectivity index (χ1) is 9.54. The van der Waals surface area contributed by atoms with Crippen LogP contribution in [0.2, 0.25) is 0 Å². The second kappa shape index (κ2) is 6.19. The zero-order chi connectivity index (χ0) is 14.7. The van der Waals surface area contributed by atoms with Gasteiger partial charge in [-0.25, -0.2) is 0 Å². The molecule has 0 bridgehead atoms. The molecule has 3 N–H and O–H groups in total. The normalized spacial score (nSPS) is 12.8. The number of ether oxygens (including phenoxy) is 1. The summed E-state index contributed by atoms with van der Waals surface area (Å²) in [5, 5.41) is 3.86. The van der Waals surface area contributed by atoms with Gasteiger partial charge in [0.25, 0.3) is 5.91 Å². The smallest absolute Gasteiger partial charge is 0.263 e. The van der Waals surface area contributed by atoms with Gasteiger partial charge < -0.3 is 15.8 Å². The van der Waals surface area contributed by atoms with Crippen molar-refractivity contribution in [1.82, 2.24) is 10.3 Å². The number of aromatic nitrogens is 1. The molecular formula is C14H19N3O2S. The molecule has 0 spiro atoms. The maximum absolute atomic E-state index is 12.4. The van der Waals surface area contributed by atoms with Crippen LogP contribution in [-0.2, 0) is 4.74 Å². The van der Waals surface area contributed by atoms with E-state index < -0.39 is 0 Å². The number of carbonyl (C=O) groups excluding carboxylic acids is 1. The van der Waals surface area contributed by atoms with E-state index in [9.17, 15) is 4.79 Å². The fourth-order valence-corrected chi connectivity index (χ4v) is 2.95. The van der Waals surface area contributed by atoms with Crippen molar-refractivity contribution in [3.63, 3.8) is 0 Å². The van der Waals surface area contributed by atoms with Gasteiger partial charge in [-0.05, 0) is 12.0 Å². The van der Waals surface area contributed by atoms with Crippen LogP contribution in [0.1, 0.15) is 23.5 Å². The second-order valence-electron chi connectivity index (χ2n) is 5.00. The highest BCUT2D eigenvalue weighted by atomic mass is 32.1. The van der Waals surface area contributed by atoms with E-state index in [0.717, 1.165) is 10.1 Å². The third kappa shape index (κ3) is 2.91. The molecular weight excluding hydrogens is 274 g/mol. The van der Waals surface area contributed by atoms with Crippen molar-refractivity contribution in [2.75, 3.05) is 19.5 Å². The van der Waals surface area contributed by atoms with E-state index in [1.54, 1.807) is 19.5 Å². The molecule has 0 aliphatic rings. The lowest BCUT2D eigenvalue weighted by molar-refractivity contribution is 0.0871. The highest BCUT2D eigenvalue weighted by Gasteiger charge is 2.21. The number of fused-ring (bicyclic) bond motifs is 1. The van der Waals surface area contributed by atoms with Gasteiger partial charge in [0.2, 0.25) is 0 Å². The number of pyridine rings is 1. The quantitative estimate of drug-likeness (QED) is 0.886. The topological polar surface area (TPSA) is 77.2 Å². The first kappa shape index (κ1) is 14.7. The van der Waals surface area contributed by atoms with Gasteiger partial charge in [0.1, 0.15) is 4.88 Å². The Labute approximate surface area is 122 Å². The third-order valence-electron chi connectivity index (χ3n) is 3.21. The molecule has 0 aliphatic carbocycles. The van der Waals surface area contributed by atoms with E-state index in [1.807, 2.05) is 19.9 Å². The zero-order valence-electron chi connectivity index (χ0n) is 11.8. The van der Waals surface area contributed by atoms with Gasteiger partial charge >= 0.3 is 0 Å². The molecule has 0 aromatic carbocycles. The first-order valence-electron chi connectivity index (χ1n) is 6.46. The fraction of sp³-hybridized carbons (Fsp3) is 0.429. The molecule has 108 valence electrons. The van der Waals surface area contributed by atoms with Crippen molar-refractivity contribution in [2.24, 2.45) is 5.92 Å². The molecule has 2 heterocycles. The van der Waals surface area contributed by atoms with Gasteiger partial charge in [0.05, 0.1) is 23.0 Å². The number of carbonyl (C=O) groups is 1. The number of nitrogen functional groups attached to an aromatic ring is 1. The van der Waals surface area contributed by atoms with Crippen LogP contribution in [0.15, 0.2) is 18.5 Å². The van der Waals surface area contributed by atoms with Gasteiger partial charge in [-0.2, -0.15) is 0 Å². The maximum Gasteiger partial charge on any atom is 0.263 e. The van der Waals surface area contributed by atoms with Crippen molar-refractivity contribution in [3.8, 4) is 0 Å². The Bertz CT molecular complexity index is 609. The molecule has 1 atom stereocenters.